The zero-order chi connectivity index (χ0) is 23.7. The molecule has 0 spiro atoms. The van der Waals surface area contributed by atoms with Gasteiger partial charge in [0.1, 0.15) is 5.75 Å². The zero-order valence-corrected chi connectivity index (χ0v) is 20.2. The van der Waals surface area contributed by atoms with Crippen molar-refractivity contribution in [2.45, 2.75) is 38.5 Å². The van der Waals surface area contributed by atoms with Gasteiger partial charge in [0.25, 0.3) is 0 Å². The molecule has 3 aromatic rings. The summed E-state index contributed by atoms with van der Waals surface area (Å²) in [5, 5.41) is 8.84. The molecule has 2 unspecified atom stereocenters. The summed E-state index contributed by atoms with van der Waals surface area (Å²) in [5.74, 6) is 0.156. The van der Waals surface area contributed by atoms with Gasteiger partial charge < -0.3 is 9.84 Å². The van der Waals surface area contributed by atoms with Crippen LogP contribution in [0, 0.1) is 19.8 Å². The van der Waals surface area contributed by atoms with E-state index >= 15 is 0 Å². The minimum Gasteiger partial charge on any atom is -0.482 e. The number of nitrogens with zero attached hydrogens (tertiary/aromatic N) is 1. The highest BCUT2D eigenvalue weighted by Crippen LogP contribution is 2.44. The smallest absolute Gasteiger partial charge is 0.341 e. The fourth-order valence-electron chi connectivity index (χ4n) is 4.34. The first kappa shape index (κ1) is 23.1. The van der Waals surface area contributed by atoms with Crippen molar-refractivity contribution in [3.63, 3.8) is 0 Å². The summed E-state index contributed by atoms with van der Waals surface area (Å²) in [7, 11) is -1.38. The minimum atomic E-state index is -1.38. The molecule has 1 aliphatic heterocycles. The van der Waals surface area contributed by atoms with E-state index in [-0.39, 0.29) is 5.92 Å². The van der Waals surface area contributed by atoms with Crippen molar-refractivity contribution in [2.75, 3.05) is 17.5 Å². The molecule has 172 valence electrons. The van der Waals surface area contributed by atoms with Crippen LogP contribution in [0.3, 0.4) is 0 Å². The molecule has 0 aromatic heterocycles. The maximum absolute atomic E-state index is 13.6. The maximum Gasteiger partial charge on any atom is 0.341 e. The average molecular weight is 464 g/mol. The molecule has 0 bridgehead atoms. The molecule has 33 heavy (non-hydrogen) atoms. The van der Waals surface area contributed by atoms with Crippen LogP contribution in [-0.4, -0.2) is 28.4 Å². The summed E-state index contributed by atoms with van der Waals surface area (Å²) >= 11 is 0. The number of anilines is 1. The molecule has 2 atom stereocenters. The van der Waals surface area contributed by atoms with Crippen LogP contribution in [0.5, 0.6) is 5.75 Å². The van der Waals surface area contributed by atoms with Gasteiger partial charge in [0, 0.05) is 12.5 Å². The summed E-state index contributed by atoms with van der Waals surface area (Å²) in [6.45, 7) is 8.63. The van der Waals surface area contributed by atoms with Crippen LogP contribution in [0.4, 0.5) is 5.69 Å². The molecule has 3 aromatic carbocycles. The highest BCUT2D eigenvalue weighted by atomic mass is 32.2. The normalized spacial score (nSPS) is 16.0. The van der Waals surface area contributed by atoms with Gasteiger partial charge in [0.05, 0.1) is 10.6 Å². The van der Waals surface area contributed by atoms with Crippen molar-refractivity contribution in [1.82, 2.24) is 0 Å². The van der Waals surface area contributed by atoms with Crippen molar-refractivity contribution in [3.8, 4) is 16.9 Å². The Hall–Kier alpha value is -3.12. The third kappa shape index (κ3) is 4.81. The summed E-state index contributed by atoms with van der Waals surface area (Å²) < 4.78 is 20.9. The van der Waals surface area contributed by atoms with Gasteiger partial charge in [0.15, 0.2) is 17.6 Å². The van der Waals surface area contributed by atoms with Gasteiger partial charge in [0.2, 0.25) is 0 Å². The Bertz CT molecular complexity index is 1220. The van der Waals surface area contributed by atoms with E-state index in [1.807, 2.05) is 17.3 Å². The van der Waals surface area contributed by atoms with Crippen molar-refractivity contribution >= 4 is 22.6 Å². The molecule has 6 heteroatoms. The number of ether oxygens (including phenoxy) is 1. The number of aryl methyl sites for hydroxylation is 2. The molecule has 0 saturated carbocycles. The van der Waals surface area contributed by atoms with Gasteiger partial charge in [-0.3, -0.25) is 4.31 Å². The lowest BCUT2D eigenvalue weighted by Gasteiger charge is -2.20. The second-order valence-electron chi connectivity index (χ2n) is 8.91. The van der Waals surface area contributed by atoms with Crippen LogP contribution in [0.25, 0.3) is 11.1 Å². The number of fused-ring (bicyclic) bond motifs is 1. The highest BCUT2D eigenvalue weighted by Gasteiger charge is 2.34. The Labute approximate surface area is 197 Å². The quantitative estimate of drug-likeness (QED) is 0.487. The van der Waals surface area contributed by atoms with E-state index in [2.05, 4.69) is 63.2 Å². The largest absolute Gasteiger partial charge is 0.482 e. The third-order valence-corrected chi connectivity index (χ3v) is 7.52. The van der Waals surface area contributed by atoms with E-state index in [9.17, 15) is 9.00 Å². The predicted octanol–water partition coefficient (Wildman–Crippen LogP) is 5.72. The van der Waals surface area contributed by atoms with E-state index < -0.39 is 23.6 Å². The lowest BCUT2D eigenvalue weighted by Crippen LogP contribution is -2.25. The van der Waals surface area contributed by atoms with Crippen molar-refractivity contribution < 1.29 is 18.8 Å². The number of hydrogen-bond donors (Lipinski definition) is 1. The summed E-state index contributed by atoms with van der Waals surface area (Å²) in [4.78, 5) is 11.5. The maximum atomic E-state index is 13.6. The molecule has 1 aliphatic rings. The average Bonchev–Trinajstić information content (AvgIpc) is 3.17. The first-order valence-corrected chi connectivity index (χ1v) is 12.2. The van der Waals surface area contributed by atoms with Gasteiger partial charge in [-0.1, -0.05) is 49.7 Å². The van der Waals surface area contributed by atoms with Gasteiger partial charge in [-0.2, -0.15) is 0 Å². The van der Waals surface area contributed by atoms with Crippen LogP contribution in [0.2, 0.25) is 0 Å². The molecular weight excluding hydrogens is 434 g/mol. The third-order valence-electron chi connectivity index (χ3n) is 6.11. The van der Waals surface area contributed by atoms with Gasteiger partial charge >= 0.3 is 5.97 Å². The molecule has 0 aliphatic carbocycles. The molecule has 0 amide bonds. The second kappa shape index (κ2) is 9.40. The molecule has 0 radical (unpaired) electrons. The van der Waals surface area contributed by atoms with Gasteiger partial charge in [-0.15, -0.1) is 0 Å². The molecule has 0 saturated heterocycles. The summed E-state index contributed by atoms with van der Waals surface area (Å²) in [5.41, 5.74) is 6.58. The monoisotopic (exact) mass is 463 g/mol. The molecule has 0 fully saturated rings. The van der Waals surface area contributed by atoms with Gasteiger partial charge in [-0.05, 0) is 72.4 Å². The standard InChI is InChI=1S/C27H29NO4S/c1-17(2)24-15-28(33(31)22-9-11-26(19(4)13-22)32-16-27(29)30)25-10-8-21(14-23(24)25)20-7-5-6-18(3)12-20/h5-14,17,24H,15-16H2,1-4H3,(H,29,30). The Morgan fingerprint density at radius 2 is 1.85 bits per heavy atom. The Kier molecular flexibility index (Phi) is 6.56. The van der Waals surface area contributed by atoms with E-state index in [1.54, 1.807) is 12.1 Å². The van der Waals surface area contributed by atoms with Crippen LogP contribution in [0.1, 0.15) is 36.5 Å². The highest BCUT2D eigenvalue weighted by molar-refractivity contribution is 7.86. The number of hydrogen-bond acceptors (Lipinski definition) is 3. The number of benzene rings is 3. The Balaban J connectivity index is 1.66. The number of rotatable bonds is 7. The van der Waals surface area contributed by atoms with Crippen LogP contribution in [0.15, 0.2) is 65.6 Å². The van der Waals surface area contributed by atoms with E-state index in [0.29, 0.717) is 23.1 Å². The number of carboxylic acid groups (broad SMARTS) is 1. The molecular formula is C27H29NO4S. The topological polar surface area (TPSA) is 66.8 Å². The molecule has 5 nitrogen and oxygen atoms in total. The van der Waals surface area contributed by atoms with Crippen molar-refractivity contribution in [3.05, 3.63) is 77.4 Å². The fraction of sp³-hybridized carbons (Fsp3) is 0.296. The molecule has 1 N–H and O–H groups in total. The van der Waals surface area contributed by atoms with E-state index in [1.165, 1.54) is 22.3 Å². The lowest BCUT2D eigenvalue weighted by molar-refractivity contribution is -0.139. The number of carbonyl (C=O) groups is 1. The van der Waals surface area contributed by atoms with Crippen LogP contribution < -0.4 is 9.04 Å². The fourth-order valence-corrected chi connectivity index (χ4v) is 5.70. The van der Waals surface area contributed by atoms with E-state index in [0.717, 1.165) is 11.3 Å². The van der Waals surface area contributed by atoms with Crippen LogP contribution >= 0.6 is 0 Å². The first-order chi connectivity index (χ1) is 15.7. The number of carboxylic acids is 1. The first-order valence-electron chi connectivity index (χ1n) is 11.1. The summed E-state index contributed by atoms with van der Waals surface area (Å²) in [6, 6.07) is 20.2. The Morgan fingerprint density at radius 3 is 2.52 bits per heavy atom. The Morgan fingerprint density at radius 1 is 1.09 bits per heavy atom. The van der Waals surface area contributed by atoms with Crippen molar-refractivity contribution in [2.24, 2.45) is 5.92 Å². The number of aliphatic carboxylic acids is 1. The lowest BCUT2D eigenvalue weighted by atomic mass is 9.88. The second-order valence-corrected chi connectivity index (χ2v) is 10.3. The van der Waals surface area contributed by atoms with Crippen molar-refractivity contribution in [1.29, 1.82) is 0 Å². The zero-order valence-electron chi connectivity index (χ0n) is 19.4. The van der Waals surface area contributed by atoms with Crippen LogP contribution in [-0.2, 0) is 15.8 Å². The van der Waals surface area contributed by atoms with Gasteiger partial charge in [-0.25, -0.2) is 9.00 Å². The van der Waals surface area contributed by atoms with E-state index in [4.69, 9.17) is 9.84 Å². The molecule has 1 heterocycles. The minimum absolute atomic E-state index is 0.285. The predicted molar refractivity (Wildman–Crippen MR) is 132 cm³/mol. The molecule has 4 rings (SSSR count). The SMILES string of the molecule is Cc1cccc(-c2ccc3c(c2)C(C(C)C)CN3S(=O)c2ccc(OCC(=O)O)c(C)c2)c1. The summed E-state index contributed by atoms with van der Waals surface area (Å²) in [6.07, 6.45) is 0.